The van der Waals surface area contributed by atoms with Crippen molar-refractivity contribution >= 4 is 6.09 Å². The number of nitrogens with zero attached hydrogens (tertiary/aromatic N) is 3. The first-order valence-corrected chi connectivity index (χ1v) is 5.97. The summed E-state index contributed by atoms with van der Waals surface area (Å²) in [6.45, 7) is 6.01. The molecule has 1 heterocycles. The van der Waals surface area contributed by atoms with Gasteiger partial charge in [-0.1, -0.05) is 0 Å². The summed E-state index contributed by atoms with van der Waals surface area (Å²) in [4.78, 5) is 16.9. The third-order valence-corrected chi connectivity index (χ3v) is 3.18. The summed E-state index contributed by atoms with van der Waals surface area (Å²) in [7, 11) is 0. The number of carbonyl (C=O) groups is 1. The molecular formula is C11H19N4O2+. The number of nitrogens with one attached hydrogen (secondary N) is 1. The Labute approximate surface area is 101 Å². The second-order valence-electron chi connectivity index (χ2n) is 5.76. The lowest BCUT2D eigenvalue weighted by Crippen LogP contribution is -2.43. The number of piperidine rings is 1. The van der Waals surface area contributed by atoms with E-state index in [2.05, 4.69) is 10.0 Å². The molecule has 0 bridgehead atoms. The Balaban J connectivity index is 2.01. The second-order valence-corrected chi connectivity index (χ2v) is 5.76. The van der Waals surface area contributed by atoms with Crippen LogP contribution in [0, 0.1) is 11.4 Å². The Kier molecular flexibility index (Phi) is 2.91. The van der Waals surface area contributed by atoms with Gasteiger partial charge in [0.05, 0.1) is 6.04 Å². The van der Waals surface area contributed by atoms with Crippen LogP contribution in [-0.4, -0.2) is 35.2 Å². The molecule has 6 nitrogen and oxygen atoms in total. The lowest BCUT2D eigenvalue weighted by molar-refractivity contribution is 0.0190. The smallest absolute Gasteiger partial charge is 0.410 e. The molecule has 0 spiro atoms. The predicted octanol–water partition coefficient (Wildman–Crippen LogP) is 1.93. The van der Waals surface area contributed by atoms with Crippen molar-refractivity contribution < 1.29 is 9.53 Å². The van der Waals surface area contributed by atoms with Crippen LogP contribution in [0.3, 0.4) is 0 Å². The highest BCUT2D eigenvalue weighted by atomic mass is 16.6. The molecule has 0 aromatic carbocycles. The van der Waals surface area contributed by atoms with E-state index in [9.17, 15) is 4.79 Å². The van der Waals surface area contributed by atoms with Gasteiger partial charge in [0, 0.05) is 6.04 Å². The van der Waals surface area contributed by atoms with Gasteiger partial charge in [-0.25, -0.2) is 4.79 Å². The molecule has 1 saturated heterocycles. The number of ether oxygens (including phenoxy) is 1. The lowest BCUT2D eigenvalue weighted by Gasteiger charge is -2.29. The molecule has 0 aromatic heterocycles. The molecule has 2 rings (SSSR count). The van der Waals surface area contributed by atoms with E-state index in [-0.39, 0.29) is 12.1 Å². The van der Waals surface area contributed by atoms with Crippen LogP contribution >= 0.6 is 0 Å². The molecule has 1 saturated carbocycles. The lowest BCUT2D eigenvalue weighted by atomic mass is 10.2. The van der Waals surface area contributed by atoms with Crippen molar-refractivity contribution in [3.05, 3.63) is 0 Å². The van der Waals surface area contributed by atoms with Crippen LogP contribution in [0.2, 0.25) is 0 Å². The topological polar surface area (TPSA) is 79.8 Å². The minimum atomic E-state index is -0.467. The zero-order valence-electron chi connectivity index (χ0n) is 10.5. The number of rotatable bonds is 2. The molecule has 2 fully saturated rings. The van der Waals surface area contributed by atoms with Gasteiger partial charge in [-0.15, -0.1) is 0 Å². The SMILES string of the molecule is CC(C)(C)OC(=O)N1[C@H](CN=[N+]=N)C[C@H]2C[C@H]21. The van der Waals surface area contributed by atoms with E-state index >= 15 is 0 Å². The monoisotopic (exact) mass is 239 g/mol. The van der Waals surface area contributed by atoms with Gasteiger partial charge in [0.25, 0.3) is 0 Å². The van der Waals surface area contributed by atoms with Crippen LogP contribution in [0.15, 0.2) is 5.11 Å². The van der Waals surface area contributed by atoms with Crippen molar-refractivity contribution in [3.63, 3.8) is 0 Å². The molecule has 2 aliphatic rings. The first-order chi connectivity index (χ1) is 7.92. The molecule has 1 aliphatic heterocycles. The molecule has 0 aromatic rings. The van der Waals surface area contributed by atoms with Gasteiger partial charge in [-0.3, -0.25) is 4.90 Å². The molecule has 6 heteroatoms. The van der Waals surface area contributed by atoms with Gasteiger partial charge >= 0.3 is 6.09 Å². The van der Waals surface area contributed by atoms with Gasteiger partial charge in [-0.05, 0) is 39.5 Å². The number of hydrogen-bond acceptors (Lipinski definition) is 4. The van der Waals surface area contributed by atoms with Crippen LogP contribution in [0.5, 0.6) is 0 Å². The highest BCUT2D eigenvalue weighted by Gasteiger charge is 2.55. The second kappa shape index (κ2) is 4.11. The fourth-order valence-electron chi connectivity index (χ4n) is 2.46. The average molecular weight is 239 g/mol. The Hall–Kier alpha value is -1.42. The highest BCUT2D eigenvalue weighted by molar-refractivity contribution is 5.70. The number of fused-ring (bicyclic) bond motifs is 1. The van der Waals surface area contributed by atoms with Crippen LogP contribution in [0.1, 0.15) is 33.6 Å². The molecular weight excluding hydrogens is 220 g/mol. The first-order valence-electron chi connectivity index (χ1n) is 5.97. The summed E-state index contributed by atoms with van der Waals surface area (Å²) in [6.07, 6.45) is 1.78. The van der Waals surface area contributed by atoms with Gasteiger partial charge in [0.2, 0.25) is 4.91 Å². The largest absolute Gasteiger partial charge is 0.444 e. The minimum Gasteiger partial charge on any atom is -0.444 e. The maximum Gasteiger partial charge on any atom is 0.410 e. The molecule has 1 aliphatic carbocycles. The van der Waals surface area contributed by atoms with E-state index in [1.54, 1.807) is 4.90 Å². The standard InChI is InChI=1S/C11H19N4O2/c1-11(2,3)17-10(16)15-8(6-13-14-12)4-7-5-9(7)15/h7-9,12H,4-6H2,1-3H3/q+1/t7-,8-,9+/m0/s1. The van der Waals surface area contributed by atoms with E-state index in [1.807, 2.05) is 20.8 Å². The summed E-state index contributed by atoms with van der Waals surface area (Å²) in [6, 6.07) is 0.387. The van der Waals surface area contributed by atoms with Crippen molar-refractivity contribution in [2.75, 3.05) is 6.54 Å². The molecule has 0 unspecified atom stereocenters. The quantitative estimate of drug-likeness (QED) is 0.590. The van der Waals surface area contributed by atoms with Crippen molar-refractivity contribution in [1.29, 1.82) is 5.53 Å². The summed E-state index contributed by atoms with van der Waals surface area (Å²) in [5.74, 6) is 0.605. The fraction of sp³-hybridized carbons (Fsp3) is 0.909. The highest BCUT2D eigenvalue weighted by Crippen LogP contribution is 2.48. The van der Waals surface area contributed by atoms with E-state index < -0.39 is 5.60 Å². The summed E-state index contributed by atoms with van der Waals surface area (Å²) >= 11 is 0. The van der Waals surface area contributed by atoms with Crippen LogP contribution in [-0.2, 0) is 4.74 Å². The van der Waals surface area contributed by atoms with Gasteiger partial charge in [-0.2, -0.15) is 0 Å². The van der Waals surface area contributed by atoms with Gasteiger partial charge in [0.15, 0.2) is 0 Å². The molecule has 3 atom stereocenters. The summed E-state index contributed by atoms with van der Waals surface area (Å²) in [5.41, 5.74) is 6.20. The number of likely N-dealkylation sites (tertiary alicyclic amines) is 1. The van der Waals surface area contributed by atoms with Crippen molar-refractivity contribution in [1.82, 2.24) is 9.81 Å². The molecule has 0 radical (unpaired) electrons. The van der Waals surface area contributed by atoms with Crippen LogP contribution in [0.25, 0.3) is 0 Å². The Morgan fingerprint density at radius 3 is 2.82 bits per heavy atom. The van der Waals surface area contributed by atoms with E-state index in [1.165, 1.54) is 0 Å². The Morgan fingerprint density at radius 1 is 1.53 bits per heavy atom. The van der Waals surface area contributed by atoms with Crippen LogP contribution in [0.4, 0.5) is 4.79 Å². The van der Waals surface area contributed by atoms with Gasteiger partial charge < -0.3 is 4.74 Å². The Bertz CT molecular complexity index is 370. The van der Waals surface area contributed by atoms with E-state index in [0.717, 1.165) is 12.8 Å². The maximum absolute atomic E-state index is 12.1. The fourth-order valence-corrected chi connectivity index (χ4v) is 2.46. The van der Waals surface area contributed by atoms with E-state index in [0.29, 0.717) is 18.5 Å². The third-order valence-electron chi connectivity index (χ3n) is 3.18. The van der Waals surface area contributed by atoms with Crippen molar-refractivity contribution in [3.8, 4) is 0 Å². The molecule has 17 heavy (non-hydrogen) atoms. The molecule has 1 N–H and O–H groups in total. The number of amides is 1. The van der Waals surface area contributed by atoms with Crippen LogP contribution < -0.4 is 4.91 Å². The summed E-state index contributed by atoms with van der Waals surface area (Å²) in [5, 5.41) is 3.68. The van der Waals surface area contributed by atoms with Crippen molar-refractivity contribution in [2.45, 2.75) is 51.3 Å². The first kappa shape index (κ1) is 12.0. The average Bonchev–Trinajstić information content (AvgIpc) is 2.84. The minimum absolute atomic E-state index is 0.0581. The molecule has 1 amide bonds. The zero-order chi connectivity index (χ0) is 12.6. The zero-order valence-corrected chi connectivity index (χ0v) is 10.5. The normalized spacial score (nSPS) is 30.5. The maximum atomic E-state index is 12.1. The van der Waals surface area contributed by atoms with Gasteiger partial charge in [0.1, 0.15) is 22.8 Å². The number of carbonyl (C=O) groups excluding carboxylic acids is 1. The van der Waals surface area contributed by atoms with Crippen molar-refractivity contribution in [2.24, 2.45) is 11.0 Å². The predicted molar refractivity (Wildman–Crippen MR) is 60.5 cm³/mol. The number of hydrogen-bond donors (Lipinski definition) is 1. The third kappa shape index (κ3) is 2.64. The van der Waals surface area contributed by atoms with E-state index in [4.69, 9.17) is 10.3 Å². The Morgan fingerprint density at radius 2 is 2.24 bits per heavy atom. The summed E-state index contributed by atoms with van der Waals surface area (Å²) < 4.78 is 5.40. The molecule has 94 valence electrons.